The summed E-state index contributed by atoms with van der Waals surface area (Å²) in [5.41, 5.74) is 5.50. The summed E-state index contributed by atoms with van der Waals surface area (Å²) in [6, 6.07) is 17.2. The molecule has 0 unspecified atom stereocenters. The largest absolute Gasteiger partial charge is 0.333 e. The van der Waals surface area contributed by atoms with Gasteiger partial charge >= 0.3 is 5.69 Å². The van der Waals surface area contributed by atoms with Crippen LogP contribution in [0.2, 0.25) is 0 Å². The molecule has 3 heterocycles. The first-order valence-corrected chi connectivity index (χ1v) is 12.9. The first-order chi connectivity index (χ1) is 16.3. The maximum atomic E-state index is 13.3. The molecule has 2 aromatic carbocycles. The summed E-state index contributed by atoms with van der Waals surface area (Å²) in [6.45, 7) is 0. The molecule has 3 aromatic heterocycles. The Hall–Kier alpha value is -3.78. The second-order valence-electron chi connectivity index (χ2n) is 8.96. The van der Waals surface area contributed by atoms with E-state index in [1.54, 1.807) is 34.8 Å². The fourth-order valence-corrected chi connectivity index (χ4v) is 6.26. The molecule has 7 nitrogen and oxygen atoms in total. The fraction of sp³-hybridized carbons (Fsp3) is 0.192. The van der Waals surface area contributed by atoms with Crippen molar-refractivity contribution in [3.8, 4) is 16.8 Å². The lowest BCUT2D eigenvalue weighted by molar-refractivity contribution is 0.586. The fourth-order valence-electron chi connectivity index (χ4n) is 4.85. The molecule has 170 valence electrons. The molecule has 0 radical (unpaired) electrons. The van der Waals surface area contributed by atoms with Crippen LogP contribution in [-0.4, -0.2) is 33.8 Å². The summed E-state index contributed by atoms with van der Waals surface area (Å²) in [4.78, 5) is 22.1. The Morgan fingerprint density at radius 1 is 0.971 bits per heavy atom. The summed E-state index contributed by atoms with van der Waals surface area (Å²) in [5.74, 6) is 0. The Labute approximate surface area is 196 Å². The minimum absolute atomic E-state index is 0.187. The van der Waals surface area contributed by atoms with Crippen LogP contribution in [-0.2, 0) is 21.6 Å². The van der Waals surface area contributed by atoms with Gasteiger partial charge in [-0.1, -0.05) is 24.3 Å². The van der Waals surface area contributed by atoms with Gasteiger partial charge in [0.05, 0.1) is 33.2 Å². The van der Waals surface area contributed by atoms with E-state index in [0.717, 1.165) is 38.6 Å². The summed E-state index contributed by atoms with van der Waals surface area (Å²) in [6.07, 6.45) is 7.82. The molecule has 6 rings (SSSR count). The molecule has 0 spiro atoms. The van der Waals surface area contributed by atoms with Crippen molar-refractivity contribution in [2.24, 2.45) is 7.05 Å². The highest BCUT2D eigenvalue weighted by Gasteiger charge is 2.53. The maximum Gasteiger partial charge on any atom is 0.333 e. The number of fused-ring (bicyclic) bond motifs is 3. The van der Waals surface area contributed by atoms with Crippen molar-refractivity contribution in [1.29, 1.82) is 0 Å². The summed E-state index contributed by atoms with van der Waals surface area (Å²) in [5, 5.41) is 0.857. The van der Waals surface area contributed by atoms with Crippen molar-refractivity contribution in [1.82, 2.24) is 19.1 Å². The number of nitrogens with zero attached hydrogens (tertiary/aromatic N) is 4. The molecule has 0 N–H and O–H groups in total. The van der Waals surface area contributed by atoms with Gasteiger partial charge in [-0.25, -0.2) is 13.2 Å². The van der Waals surface area contributed by atoms with Gasteiger partial charge in [-0.2, -0.15) is 0 Å². The van der Waals surface area contributed by atoms with Crippen molar-refractivity contribution in [2.75, 3.05) is 6.26 Å². The minimum Gasteiger partial charge on any atom is -0.293 e. The molecule has 1 aliphatic carbocycles. The molecule has 1 aliphatic rings. The standard InChI is InChI=1S/C26H22N4O3S/c1-29-23-16-28-22-10-5-17(18-4-3-13-27-15-18)14-21(22)24(23)30(25(29)31)20-8-6-19(7-9-20)26(11-12-26)34(2,32)33/h3-10,13-16H,11-12H2,1-2H3. The molecule has 0 atom stereocenters. The highest BCUT2D eigenvalue weighted by Crippen LogP contribution is 2.52. The average molecular weight is 471 g/mol. The molecule has 0 saturated heterocycles. The number of aryl methyl sites for hydroxylation is 1. The van der Waals surface area contributed by atoms with Gasteiger partial charge < -0.3 is 0 Å². The SMILES string of the molecule is Cn1c(=O)n(-c2ccc(C3(S(C)(=O)=O)CC3)cc2)c2c3cc(-c4cccnc4)ccc3ncc21. The summed E-state index contributed by atoms with van der Waals surface area (Å²) in [7, 11) is -1.47. The number of hydrogen-bond acceptors (Lipinski definition) is 5. The first-order valence-electron chi connectivity index (χ1n) is 11.0. The second kappa shape index (κ2) is 7.11. The third-order valence-corrected chi connectivity index (χ3v) is 9.01. The van der Waals surface area contributed by atoms with E-state index in [-0.39, 0.29) is 5.69 Å². The van der Waals surface area contributed by atoms with Gasteiger partial charge in [0.1, 0.15) is 0 Å². The Morgan fingerprint density at radius 3 is 2.38 bits per heavy atom. The van der Waals surface area contributed by atoms with Crippen LogP contribution >= 0.6 is 0 Å². The predicted molar refractivity (Wildman–Crippen MR) is 133 cm³/mol. The summed E-state index contributed by atoms with van der Waals surface area (Å²) >= 11 is 0. The van der Waals surface area contributed by atoms with Crippen LogP contribution in [0.25, 0.3) is 38.8 Å². The number of sulfone groups is 1. The summed E-state index contributed by atoms with van der Waals surface area (Å²) < 4.78 is 27.1. The molecule has 34 heavy (non-hydrogen) atoms. The third kappa shape index (κ3) is 2.95. The van der Waals surface area contributed by atoms with E-state index in [2.05, 4.69) is 9.97 Å². The van der Waals surface area contributed by atoms with Gasteiger partial charge in [-0.15, -0.1) is 0 Å². The highest BCUT2D eigenvalue weighted by molar-refractivity contribution is 7.92. The van der Waals surface area contributed by atoms with E-state index in [0.29, 0.717) is 18.5 Å². The van der Waals surface area contributed by atoms with Gasteiger partial charge in [0.2, 0.25) is 0 Å². The Balaban J connectivity index is 1.58. The Bertz CT molecular complexity index is 1750. The van der Waals surface area contributed by atoms with Crippen LogP contribution in [0.5, 0.6) is 0 Å². The lowest BCUT2D eigenvalue weighted by Crippen LogP contribution is -2.21. The minimum atomic E-state index is -3.21. The zero-order chi connectivity index (χ0) is 23.7. The topological polar surface area (TPSA) is 86.9 Å². The van der Waals surface area contributed by atoms with Crippen LogP contribution in [0, 0.1) is 0 Å². The Kier molecular flexibility index (Phi) is 4.35. The van der Waals surface area contributed by atoms with E-state index >= 15 is 0 Å². The van der Waals surface area contributed by atoms with E-state index in [4.69, 9.17) is 0 Å². The Morgan fingerprint density at radius 2 is 1.74 bits per heavy atom. The molecule has 0 amide bonds. The lowest BCUT2D eigenvalue weighted by atomic mass is 10.0. The molecular weight excluding hydrogens is 448 g/mol. The van der Waals surface area contributed by atoms with Crippen molar-refractivity contribution >= 4 is 31.8 Å². The quantitative estimate of drug-likeness (QED) is 0.397. The number of pyridine rings is 2. The average Bonchev–Trinajstić information content (AvgIpc) is 3.63. The zero-order valence-corrected chi connectivity index (χ0v) is 19.6. The van der Waals surface area contributed by atoms with E-state index in [1.807, 2.05) is 54.6 Å². The van der Waals surface area contributed by atoms with Gasteiger partial charge in [-0.3, -0.25) is 19.1 Å². The molecule has 0 aliphatic heterocycles. The molecule has 1 saturated carbocycles. The van der Waals surface area contributed by atoms with Crippen LogP contribution < -0.4 is 5.69 Å². The molecule has 0 bridgehead atoms. The van der Waals surface area contributed by atoms with Crippen LogP contribution in [0.4, 0.5) is 0 Å². The predicted octanol–water partition coefficient (Wildman–Crippen LogP) is 3.97. The normalized spacial score (nSPS) is 15.1. The van der Waals surface area contributed by atoms with Gasteiger partial charge in [0.15, 0.2) is 9.84 Å². The molecular formula is C26H22N4O3S. The smallest absolute Gasteiger partial charge is 0.293 e. The van der Waals surface area contributed by atoms with Crippen molar-refractivity contribution in [2.45, 2.75) is 17.6 Å². The monoisotopic (exact) mass is 470 g/mol. The van der Waals surface area contributed by atoms with Crippen LogP contribution in [0.15, 0.2) is 78.0 Å². The number of aromatic nitrogens is 4. The number of benzene rings is 2. The lowest BCUT2D eigenvalue weighted by Gasteiger charge is -2.14. The first kappa shape index (κ1) is 20.8. The molecule has 8 heteroatoms. The molecule has 5 aromatic rings. The second-order valence-corrected chi connectivity index (χ2v) is 11.3. The third-order valence-electron chi connectivity index (χ3n) is 6.94. The van der Waals surface area contributed by atoms with Crippen molar-refractivity contribution < 1.29 is 8.42 Å². The van der Waals surface area contributed by atoms with Crippen molar-refractivity contribution in [3.63, 3.8) is 0 Å². The number of imidazole rings is 1. The van der Waals surface area contributed by atoms with E-state index in [1.165, 1.54) is 6.26 Å². The van der Waals surface area contributed by atoms with E-state index in [9.17, 15) is 13.2 Å². The highest BCUT2D eigenvalue weighted by atomic mass is 32.2. The van der Waals surface area contributed by atoms with Gasteiger partial charge in [0.25, 0.3) is 0 Å². The zero-order valence-electron chi connectivity index (χ0n) is 18.8. The van der Waals surface area contributed by atoms with Crippen molar-refractivity contribution in [3.05, 3.63) is 89.2 Å². The maximum absolute atomic E-state index is 13.3. The number of hydrogen-bond donors (Lipinski definition) is 0. The van der Waals surface area contributed by atoms with Gasteiger partial charge in [-0.05, 0) is 54.3 Å². The van der Waals surface area contributed by atoms with E-state index < -0.39 is 14.6 Å². The molecule has 1 fully saturated rings. The van der Waals surface area contributed by atoms with Gasteiger partial charge in [0, 0.05) is 36.6 Å². The number of rotatable bonds is 4. The van der Waals surface area contributed by atoms with Crippen LogP contribution in [0.1, 0.15) is 18.4 Å². The van der Waals surface area contributed by atoms with Crippen LogP contribution in [0.3, 0.4) is 0 Å².